The fraction of sp³-hybridized carbons (Fsp3) is 0.647. The summed E-state index contributed by atoms with van der Waals surface area (Å²) in [6.07, 6.45) is 10.9. The average Bonchev–Trinajstić information content (AvgIpc) is 2.81. The van der Waals surface area contributed by atoms with Gasteiger partial charge in [-0.25, -0.2) is 0 Å². The normalized spacial score (nSPS) is 46.5. The molecule has 0 aromatic heterocycles. The van der Waals surface area contributed by atoms with Crippen molar-refractivity contribution >= 4 is 27.5 Å². The van der Waals surface area contributed by atoms with Gasteiger partial charge in [-0.15, -0.1) is 0 Å². The summed E-state index contributed by atoms with van der Waals surface area (Å²) in [6, 6.07) is 0. The van der Waals surface area contributed by atoms with Crippen LogP contribution in [0.4, 0.5) is 0 Å². The van der Waals surface area contributed by atoms with Gasteiger partial charge in [0.2, 0.25) is 0 Å². The van der Waals surface area contributed by atoms with E-state index in [1.54, 1.807) is 6.08 Å². The van der Waals surface area contributed by atoms with E-state index in [1.807, 2.05) is 6.08 Å². The summed E-state index contributed by atoms with van der Waals surface area (Å²) in [5.74, 6) is 3.31. The number of allylic oxidation sites excluding steroid dienone is 4. The average molecular weight is 335 g/mol. The Hall–Kier alpha value is -0.700. The second-order valence-corrected chi connectivity index (χ2v) is 7.92. The highest BCUT2D eigenvalue weighted by Gasteiger charge is 2.51. The van der Waals surface area contributed by atoms with Crippen LogP contribution in [0.25, 0.3) is 0 Å². The molecule has 0 spiro atoms. The standard InChI is InChI=1S/C17H19BrO2/c18-16-8-14-10(11-2-1-9(19)7-15(11)16)3-4-13-12(14)5-6-17(13)20/h1-2,7,10-14,16H,3-6,8H2. The van der Waals surface area contributed by atoms with Crippen LogP contribution in [0.5, 0.6) is 0 Å². The SMILES string of the molecule is O=C1C=CC2C(=C1)C(Br)CC1C2CCC2C(=O)CCC21. The van der Waals surface area contributed by atoms with Crippen molar-refractivity contribution in [2.24, 2.45) is 29.6 Å². The van der Waals surface area contributed by atoms with E-state index >= 15 is 0 Å². The maximum absolute atomic E-state index is 12.0. The third kappa shape index (κ3) is 1.82. The Labute approximate surface area is 127 Å². The lowest BCUT2D eigenvalue weighted by Crippen LogP contribution is -2.44. The number of halogens is 1. The van der Waals surface area contributed by atoms with E-state index in [4.69, 9.17) is 0 Å². The van der Waals surface area contributed by atoms with Crippen molar-refractivity contribution in [3.63, 3.8) is 0 Å². The molecule has 0 aromatic carbocycles. The van der Waals surface area contributed by atoms with Gasteiger partial charge < -0.3 is 0 Å². The lowest BCUT2D eigenvalue weighted by atomic mass is 9.57. The molecular formula is C17H19BrO2. The molecule has 0 radical (unpaired) electrons. The van der Waals surface area contributed by atoms with Crippen molar-refractivity contribution in [3.05, 3.63) is 23.8 Å². The second kappa shape index (κ2) is 4.66. The molecule has 106 valence electrons. The molecule has 4 aliphatic rings. The summed E-state index contributed by atoms with van der Waals surface area (Å²) in [7, 11) is 0. The molecule has 4 rings (SSSR count). The van der Waals surface area contributed by atoms with Crippen LogP contribution in [-0.2, 0) is 9.59 Å². The van der Waals surface area contributed by atoms with Crippen molar-refractivity contribution in [2.75, 3.05) is 0 Å². The van der Waals surface area contributed by atoms with E-state index in [0.29, 0.717) is 40.2 Å². The summed E-state index contributed by atoms with van der Waals surface area (Å²) < 4.78 is 0. The van der Waals surface area contributed by atoms with Gasteiger partial charge in [0, 0.05) is 23.1 Å². The Balaban J connectivity index is 1.67. The van der Waals surface area contributed by atoms with Crippen LogP contribution in [0.15, 0.2) is 23.8 Å². The van der Waals surface area contributed by atoms with E-state index in [0.717, 1.165) is 32.1 Å². The highest BCUT2D eigenvalue weighted by Crippen LogP contribution is 2.56. The van der Waals surface area contributed by atoms with Gasteiger partial charge in [0.1, 0.15) is 5.78 Å². The number of Topliss-reactive ketones (excluding diaryl/α,β-unsaturated/α-hetero) is 1. The van der Waals surface area contributed by atoms with Crippen molar-refractivity contribution in [2.45, 2.75) is 36.9 Å². The van der Waals surface area contributed by atoms with E-state index in [9.17, 15) is 9.59 Å². The summed E-state index contributed by atoms with van der Waals surface area (Å²) in [4.78, 5) is 23.9. The lowest BCUT2D eigenvalue weighted by Gasteiger charge is -2.49. The predicted octanol–water partition coefficient (Wildman–Crippen LogP) is 3.46. The van der Waals surface area contributed by atoms with E-state index in [-0.39, 0.29) is 5.78 Å². The maximum Gasteiger partial charge on any atom is 0.178 e. The van der Waals surface area contributed by atoms with Crippen molar-refractivity contribution in [1.29, 1.82) is 0 Å². The maximum atomic E-state index is 12.0. The summed E-state index contributed by atoms with van der Waals surface area (Å²) in [5, 5.41) is 0. The Bertz CT molecular complexity index is 533. The van der Waals surface area contributed by atoms with Crippen LogP contribution >= 0.6 is 15.9 Å². The lowest BCUT2D eigenvalue weighted by molar-refractivity contribution is -0.123. The Kier molecular flexibility index (Phi) is 3.03. The van der Waals surface area contributed by atoms with Gasteiger partial charge in [0.15, 0.2) is 5.78 Å². The van der Waals surface area contributed by atoms with Crippen molar-refractivity contribution < 1.29 is 9.59 Å². The first-order valence-electron chi connectivity index (χ1n) is 7.75. The molecule has 4 aliphatic carbocycles. The molecular weight excluding hydrogens is 316 g/mol. The molecule has 0 aliphatic heterocycles. The van der Waals surface area contributed by atoms with E-state index in [1.165, 1.54) is 5.57 Å². The number of fused-ring (bicyclic) bond motifs is 5. The van der Waals surface area contributed by atoms with Gasteiger partial charge in [-0.05, 0) is 61.2 Å². The smallest absolute Gasteiger partial charge is 0.178 e. The van der Waals surface area contributed by atoms with Crippen LogP contribution < -0.4 is 0 Å². The minimum atomic E-state index is 0.129. The van der Waals surface area contributed by atoms with Crippen molar-refractivity contribution in [1.82, 2.24) is 0 Å². The molecule has 0 saturated heterocycles. The topological polar surface area (TPSA) is 34.1 Å². The van der Waals surface area contributed by atoms with Crippen LogP contribution in [-0.4, -0.2) is 16.4 Å². The molecule has 2 nitrogen and oxygen atoms in total. The predicted molar refractivity (Wildman–Crippen MR) is 80.5 cm³/mol. The largest absolute Gasteiger partial charge is 0.299 e. The molecule has 0 bridgehead atoms. The molecule has 3 saturated carbocycles. The zero-order chi connectivity index (χ0) is 13.9. The summed E-state index contributed by atoms with van der Waals surface area (Å²) in [5.41, 5.74) is 1.28. The van der Waals surface area contributed by atoms with Crippen LogP contribution in [0, 0.1) is 29.6 Å². The molecule has 6 unspecified atom stereocenters. The number of hydrogen-bond donors (Lipinski definition) is 0. The summed E-state index contributed by atoms with van der Waals surface area (Å²) >= 11 is 3.79. The zero-order valence-electron chi connectivity index (χ0n) is 11.4. The number of hydrogen-bond acceptors (Lipinski definition) is 2. The molecule has 0 heterocycles. The molecule has 0 N–H and O–H groups in total. The van der Waals surface area contributed by atoms with Gasteiger partial charge in [0.25, 0.3) is 0 Å². The molecule has 0 amide bonds. The number of alkyl halides is 1. The monoisotopic (exact) mass is 334 g/mol. The number of carbonyl (C=O) groups excluding carboxylic acids is 2. The molecule has 0 aromatic rings. The zero-order valence-corrected chi connectivity index (χ0v) is 13.0. The number of rotatable bonds is 0. The third-order valence-electron chi connectivity index (χ3n) is 6.03. The first kappa shape index (κ1) is 13.0. The Morgan fingerprint density at radius 1 is 1.05 bits per heavy atom. The minimum Gasteiger partial charge on any atom is -0.299 e. The minimum absolute atomic E-state index is 0.129. The first-order valence-corrected chi connectivity index (χ1v) is 8.67. The van der Waals surface area contributed by atoms with Gasteiger partial charge in [-0.1, -0.05) is 22.0 Å². The van der Waals surface area contributed by atoms with Crippen molar-refractivity contribution in [3.8, 4) is 0 Å². The van der Waals surface area contributed by atoms with Crippen LogP contribution in [0.2, 0.25) is 0 Å². The Morgan fingerprint density at radius 2 is 1.90 bits per heavy atom. The van der Waals surface area contributed by atoms with Gasteiger partial charge >= 0.3 is 0 Å². The van der Waals surface area contributed by atoms with Gasteiger partial charge in [-0.3, -0.25) is 9.59 Å². The van der Waals surface area contributed by atoms with Gasteiger partial charge in [-0.2, -0.15) is 0 Å². The second-order valence-electron chi connectivity index (χ2n) is 6.82. The molecule has 20 heavy (non-hydrogen) atoms. The van der Waals surface area contributed by atoms with E-state index in [2.05, 4.69) is 22.0 Å². The third-order valence-corrected chi connectivity index (χ3v) is 6.93. The highest BCUT2D eigenvalue weighted by atomic mass is 79.9. The van der Waals surface area contributed by atoms with Crippen LogP contribution in [0.1, 0.15) is 32.1 Å². The first-order chi connectivity index (χ1) is 9.65. The molecule has 3 fully saturated rings. The highest BCUT2D eigenvalue weighted by molar-refractivity contribution is 9.09. The fourth-order valence-electron chi connectivity index (χ4n) is 5.20. The van der Waals surface area contributed by atoms with Crippen LogP contribution in [0.3, 0.4) is 0 Å². The van der Waals surface area contributed by atoms with E-state index < -0.39 is 0 Å². The molecule has 3 heteroatoms. The van der Waals surface area contributed by atoms with Gasteiger partial charge in [0.05, 0.1) is 0 Å². The number of carbonyl (C=O) groups is 2. The number of ketones is 2. The Morgan fingerprint density at radius 3 is 2.75 bits per heavy atom. The quantitative estimate of drug-likeness (QED) is 0.636. The summed E-state index contributed by atoms with van der Waals surface area (Å²) in [6.45, 7) is 0. The fourth-order valence-corrected chi connectivity index (χ4v) is 6.07. The molecule has 6 atom stereocenters.